The van der Waals surface area contributed by atoms with Crippen LogP contribution in [-0.2, 0) is 6.18 Å². The largest absolute Gasteiger partial charge is 0.508 e. The van der Waals surface area contributed by atoms with E-state index < -0.39 is 17.8 Å². The topological polar surface area (TPSA) is 55.5 Å². The van der Waals surface area contributed by atoms with Gasteiger partial charge in [-0.05, 0) is 42.8 Å². The Balaban J connectivity index is 2.24. The van der Waals surface area contributed by atoms with E-state index in [1.54, 1.807) is 19.1 Å². The number of phenols is 1. The fourth-order valence-corrected chi connectivity index (χ4v) is 1.90. The molecular formula is C15H14F3NO2. The van der Waals surface area contributed by atoms with Crippen LogP contribution in [-0.4, -0.2) is 5.11 Å². The van der Waals surface area contributed by atoms with Crippen molar-refractivity contribution in [3.8, 4) is 11.5 Å². The first kappa shape index (κ1) is 15.0. The molecule has 0 amide bonds. The van der Waals surface area contributed by atoms with E-state index in [9.17, 15) is 18.3 Å². The quantitative estimate of drug-likeness (QED) is 0.837. The van der Waals surface area contributed by atoms with Crippen LogP contribution in [0, 0.1) is 0 Å². The molecule has 3 nitrogen and oxygen atoms in total. The van der Waals surface area contributed by atoms with Gasteiger partial charge in [0.1, 0.15) is 17.6 Å². The molecule has 3 N–H and O–H groups in total. The van der Waals surface area contributed by atoms with Crippen molar-refractivity contribution in [2.75, 3.05) is 5.73 Å². The van der Waals surface area contributed by atoms with E-state index >= 15 is 0 Å². The molecule has 2 aromatic carbocycles. The summed E-state index contributed by atoms with van der Waals surface area (Å²) in [5.74, 6) is 0.128. The molecule has 0 aromatic heterocycles. The number of nitrogens with two attached hydrogens (primary N) is 1. The lowest BCUT2D eigenvalue weighted by Gasteiger charge is -2.17. The smallest absolute Gasteiger partial charge is 0.418 e. The summed E-state index contributed by atoms with van der Waals surface area (Å²) in [6, 6.07) is 9.75. The summed E-state index contributed by atoms with van der Waals surface area (Å²) in [6.07, 6.45) is -5.04. The normalized spacial score (nSPS) is 13.0. The van der Waals surface area contributed by atoms with Crippen molar-refractivity contribution in [1.82, 2.24) is 0 Å². The molecule has 1 unspecified atom stereocenters. The summed E-state index contributed by atoms with van der Waals surface area (Å²) in [6.45, 7) is 1.68. The molecule has 21 heavy (non-hydrogen) atoms. The third kappa shape index (κ3) is 3.59. The number of phenolic OH excluding ortho intramolecular Hbond substituents is 1. The van der Waals surface area contributed by atoms with Gasteiger partial charge in [-0.25, -0.2) is 0 Å². The van der Waals surface area contributed by atoms with Crippen LogP contribution < -0.4 is 10.5 Å². The molecule has 0 aliphatic heterocycles. The van der Waals surface area contributed by atoms with Gasteiger partial charge in [0.15, 0.2) is 0 Å². The second-order valence-electron chi connectivity index (χ2n) is 4.60. The highest BCUT2D eigenvalue weighted by Crippen LogP contribution is 2.36. The van der Waals surface area contributed by atoms with E-state index in [4.69, 9.17) is 10.5 Å². The average molecular weight is 297 g/mol. The summed E-state index contributed by atoms with van der Waals surface area (Å²) in [5, 5.41) is 9.39. The molecule has 0 fully saturated rings. The molecular weight excluding hydrogens is 283 g/mol. The maximum atomic E-state index is 12.8. The highest BCUT2D eigenvalue weighted by Gasteiger charge is 2.33. The third-order valence-electron chi connectivity index (χ3n) is 2.98. The molecule has 0 spiro atoms. The predicted octanol–water partition coefficient (Wildman–Crippen LogP) is 4.13. The molecule has 0 saturated heterocycles. The maximum absolute atomic E-state index is 12.8. The first-order valence-corrected chi connectivity index (χ1v) is 6.19. The van der Waals surface area contributed by atoms with Crippen LogP contribution in [0.15, 0.2) is 42.5 Å². The lowest BCUT2D eigenvalue weighted by molar-refractivity contribution is -0.137. The first-order valence-electron chi connectivity index (χ1n) is 6.19. The molecule has 0 aliphatic carbocycles. The van der Waals surface area contributed by atoms with E-state index in [-0.39, 0.29) is 17.2 Å². The number of hydrogen-bond donors (Lipinski definition) is 2. The molecule has 2 aromatic rings. The monoisotopic (exact) mass is 297 g/mol. The highest BCUT2D eigenvalue weighted by molar-refractivity contribution is 5.52. The minimum absolute atomic E-state index is 0.0624. The van der Waals surface area contributed by atoms with Gasteiger partial charge in [-0.3, -0.25) is 0 Å². The van der Waals surface area contributed by atoms with Gasteiger partial charge in [0.2, 0.25) is 0 Å². The molecule has 0 bridgehead atoms. The Kier molecular flexibility index (Phi) is 3.97. The highest BCUT2D eigenvalue weighted by atomic mass is 19.4. The fraction of sp³-hybridized carbons (Fsp3) is 0.200. The van der Waals surface area contributed by atoms with Crippen LogP contribution in [0.4, 0.5) is 18.9 Å². The zero-order chi connectivity index (χ0) is 15.6. The zero-order valence-corrected chi connectivity index (χ0v) is 11.2. The van der Waals surface area contributed by atoms with Crippen molar-refractivity contribution in [2.45, 2.75) is 19.2 Å². The summed E-state index contributed by atoms with van der Waals surface area (Å²) >= 11 is 0. The third-order valence-corrected chi connectivity index (χ3v) is 2.98. The van der Waals surface area contributed by atoms with Crippen molar-refractivity contribution in [3.05, 3.63) is 53.6 Å². The van der Waals surface area contributed by atoms with Crippen LogP contribution in [0.3, 0.4) is 0 Å². The SMILES string of the molecule is CC(Oc1ccc(N)c(C(F)(F)F)c1)c1cccc(O)c1. The van der Waals surface area contributed by atoms with E-state index in [2.05, 4.69) is 0 Å². The molecule has 2 rings (SSSR count). The van der Waals surface area contributed by atoms with Crippen LogP contribution in [0.1, 0.15) is 24.2 Å². The van der Waals surface area contributed by atoms with Gasteiger partial charge in [-0.15, -0.1) is 0 Å². The summed E-state index contributed by atoms with van der Waals surface area (Å²) in [4.78, 5) is 0. The van der Waals surface area contributed by atoms with Crippen LogP contribution >= 0.6 is 0 Å². The van der Waals surface area contributed by atoms with Gasteiger partial charge in [0, 0.05) is 5.69 Å². The number of halogens is 3. The van der Waals surface area contributed by atoms with Crippen LogP contribution in [0.2, 0.25) is 0 Å². The average Bonchev–Trinajstić information content (AvgIpc) is 2.39. The summed E-state index contributed by atoms with van der Waals surface area (Å²) < 4.78 is 43.8. The Morgan fingerprint density at radius 3 is 2.48 bits per heavy atom. The van der Waals surface area contributed by atoms with Gasteiger partial charge >= 0.3 is 6.18 Å². The van der Waals surface area contributed by atoms with Gasteiger partial charge in [-0.2, -0.15) is 13.2 Å². The van der Waals surface area contributed by atoms with Crippen molar-refractivity contribution < 1.29 is 23.0 Å². The number of ether oxygens (including phenoxy) is 1. The van der Waals surface area contributed by atoms with Gasteiger partial charge in [0.25, 0.3) is 0 Å². The van der Waals surface area contributed by atoms with Crippen LogP contribution in [0.25, 0.3) is 0 Å². The number of alkyl halides is 3. The molecule has 6 heteroatoms. The van der Waals surface area contributed by atoms with Crippen molar-refractivity contribution in [2.24, 2.45) is 0 Å². The van der Waals surface area contributed by atoms with Crippen LogP contribution in [0.5, 0.6) is 11.5 Å². The number of nitrogen functional groups attached to an aromatic ring is 1. The zero-order valence-electron chi connectivity index (χ0n) is 11.2. The van der Waals surface area contributed by atoms with E-state index in [0.29, 0.717) is 5.56 Å². The van der Waals surface area contributed by atoms with E-state index in [1.165, 1.54) is 18.2 Å². The second kappa shape index (κ2) is 5.55. The van der Waals surface area contributed by atoms with Gasteiger partial charge < -0.3 is 15.6 Å². The molecule has 0 radical (unpaired) electrons. The second-order valence-corrected chi connectivity index (χ2v) is 4.60. The van der Waals surface area contributed by atoms with Gasteiger partial charge in [0.05, 0.1) is 5.56 Å². The molecule has 0 aliphatic rings. The molecule has 112 valence electrons. The Labute approximate surface area is 119 Å². The number of benzene rings is 2. The summed E-state index contributed by atoms with van der Waals surface area (Å²) in [7, 11) is 0. The molecule has 0 saturated carbocycles. The lowest BCUT2D eigenvalue weighted by Crippen LogP contribution is -2.10. The summed E-state index contributed by atoms with van der Waals surface area (Å²) in [5.41, 5.74) is 4.71. The van der Waals surface area contributed by atoms with E-state index in [1.807, 2.05) is 0 Å². The number of anilines is 1. The van der Waals surface area contributed by atoms with Crippen molar-refractivity contribution in [1.29, 1.82) is 0 Å². The molecule has 0 heterocycles. The van der Waals surface area contributed by atoms with E-state index in [0.717, 1.165) is 12.1 Å². The minimum Gasteiger partial charge on any atom is -0.508 e. The number of rotatable bonds is 3. The Morgan fingerprint density at radius 1 is 1.14 bits per heavy atom. The molecule has 1 atom stereocenters. The standard InChI is InChI=1S/C15H14F3NO2/c1-9(10-3-2-4-11(20)7-10)21-12-5-6-14(19)13(8-12)15(16,17)18/h2-9,20H,19H2,1H3. The van der Waals surface area contributed by atoms with Crippen molar-refractivity contribution >= 4 is 5.69 Å². The Hall–Kier alpha value is -2.37. The lowest BCUT2D eigenvalue weighted by atomic mass is 10.1. The minimum atomic E-state index is -4.53. The Bertz CT molecular complexity index is 641. The number of aromatic hydroxyl groups is 1. The van der Waals surface area contributed by atoms with Gasteiger partial charge in [-0.1, -0.05) is 12.1 Å². The Morgan fingerprint density at radius 2 is 1.86 bits per heavy atom. The number of hydrogen-bond acceptors (Lipinski definition) is 3. The fourth-order valence-electron chi connectivity index (χ4n) is 1.90. The maximum Gasteiger partial charge on any atom is 0.418 e. The predicted molar refractivity (Wildman–Crippen MR) is 73.0 cm³/mol. The van der Waals surface area contributed by atoms with Crippen molar-refractivity contribution in [3.63, 3.8) is 0 Å². The first-order chi connectivity index (χ1) is 9.77.